The maximum atomic E-state index is 13.3. The molecule has 0 saturated carbocycles. The summed E-state index contributed by atoms with van der Waals surface area (Å²) in [6.07, 6.45) is 2.64. The van der Waals surface area contributed by atoms with E-state index in [0.29, 0.717) is 17.3 Å². The Labute approximate surface area is 176 Å². The number of ether oxygens (including phenoxy) is 1. The Bertz CT molecular complexity index is 1020. The minimum absolute atomic E-state index is 0.00309. The summed E-state index contributed by atoms with van der Waals surface area (Å²) >= 11 is 6.11. The lowest BCUT2D eigenvalue weighted by Crippen LogP contribution is -2.42. The summed E-state index contributed by atoms with van der Waals surface area (Å²) in [5, 5.41) is 3.30. The molecule has 0 bridgehead atoms. The van der Waals surface area contributed by atoms with Crippen molar-refractivity contribution in [2.24, 2.45) is 0 Å². The molecule has 1 aliphatic heterocycles. The van der Waals surface area contributed by atoms with Gasteiger partial charge in [-0.2, -0.15) is 4.31 Å². The van der Waals surface area contributed by atoms with E-state index in [9.17, 15) is 13.2 Å². The third-order valence-electron chi connectivity index (χ3n) is 5.18. The van der Waals surface area contributed by atoms with Crippen LogP contribution in [0.2, 0.25) is 5.02 Å². The molecule has 1 fully saturated rings. The Kier molecular flexibility index (Phi) is 6.51. The van der Waals surface area contributed by atoms with E-state index < -0.39 is 15.9 Å². The molecule has 2 aromatic carbocycles. The van der Waals surface area contributed by atoms with Crippen LogP contribution in [0.1, 0.15) is 42.1 Å². The summed E-state index contributed by atoms with van der Waals surface area (Å²) in [4.78, 5) is 12.7. The molecule has 0 unspecified atom stereocenters. The van der Waals surface area contributed by atoms with E-state index in [2.05, 4.69) is 5.32 Å². The van der Waals surface area contributed by atoms with Crippen LogP contribution in [0.5, 0.6) is 5.75 Å². The van der Waals surface area contributed by atoms with E-state index in [0.717, 1.165) is 24.8 Å². The molecule has 0 spiro atoms. The van der Waals surface area contributed by atoms with E-state index in [4.69, 9.17) is 16.3 Å². The van der Waals surface area contributed by atoms with Crippen molar-refractivity contribution < 1.29 is 17.9 Å². The Morgan fingerprint density at radius 1 is 1.21 bits per heavy atom. The van der Waals surface area contributed by atoms with Gasteiger partial charge in [-0.25, -0.2) is 8.42 Å². The maximum absolute atomic E-state index is 13.3. The number of methoxy groups -OCH3 is 1. The number of halogens is 1. The van der Waals surface area contributed by atoms with Crippen molar-refractivity contribution in [3.63, 3.8) is 0 Å². The van der Waals surface area contributed by atoms with Gasteiger partial charge in [-0.05, 0) is 62.6 Å². The first-order valence-electron chi connectivity index (χ1n) is 9.51. The summed E-state index contributed by atoms with van der Waals surface area (Å²) < 4.78 is 33.4. The lowest BCUT2D eigenvalue weighted by Gasteiger charge is -2.32. The van der Waals surface area contributed by atoms with Gasteiger partial charge in [0.25, 0.3) is 5.91 Å². The molecule has 0 aliphatic carbocycles. The van der Waals surface area contributed by atoms with Gasteiger partial charge in [-0.15, -0.1) is 0 Å². The number of carbonyl (C=O) groups is 1. The van der Waals surface area contributed by atoms with Crippen LogP contribution in [0.4, 0.5) is 5.69 Å². The molecule has 0 aromatic heterocycles. The number of sulfonamides is 1. The fourth-order valence-corrected chi connectivity index (χ4v) is 5.51. The highest BCUT2D eigenvalue weighted by atomic mass is 35.5. The molecular weight excluding hydrogens is 412 g/mol. The first kappa shape index (κ1) is 21.6. The smallest absolute Gasteiger partial charge is 0.255 e. The first-order chi connectivity index (χ1) is 13.7. The first-order valence-corrected chi connectivity index (χ1v) is 11.3. The summed E-state index contributed by atoms with van der Waals surface area (Å²) in [6, 6.07) is 9.55. The van der Waals surface area contributed by atoms with Crippen molar-refractivity contribution in [3.8, 4) is 5.75 Å². The number of hydrogen-bond acceptors (Lipinski definition) is 4. The average molecular weight is 437 g/mol. The van der Waals surface area contributed by atoms with Crippen molar-refractivity contribution in [3.05, 3.63) is 52.5 Å². The van der Waals surface area contributed by atoms with Crippen LogP contribution in [0.3, 0.4) is 0 Å². The zero-order chi connectivity index (χ0) is 21.2. The molecule has 6 nitrogen and oxygen atoms in total. The number of nitrogens with one attached hydrogen (secondary N) is 1. The number of anilines is 1. The molecule has 0 radical (unpaired) electrons. The normalized spacial score (nSPS) is 17.7. The summed E-state index contributed by atoms with van der Waals surface area (Å²) in [7, 11) is -2.37. The zero-order valence-corrected chi connectivity index (χ0v) is 18.3. The lowest BCUT2D eigenvalue weighted by atomic mass is 10.1. The number of carbonyl (C=O) groups excluding carboxylic acids is 1. The second-order valence-electron chi connectivity index (χ2n) is 7.24. The van der Waals surface area contributed by atoms with Crippen molar-refractivity contribution in [2.45, 2.75) is 44.0 Å². The number of nitrogens with zero attached hydrogens (tertiary/aromatic N) is 1. The number of hydrogen-bond donors (Lipinski definition) is 1. The second kappa shape index (κ2) is 8.73. The van der Waals surface area contributed by atoms with Crippen LogP contribution in [0.15, 0.2) is 41.3 Å². The second-order valence-corrected chi connectivity index (χ2v) is 9.51. The van der Waals surface area contributed by atoms with Gasteiger partial charge in [-0.1, -0.05) is 24.1 Å². The van der Waals surface area contributed by atoms with E-state index in [1.54, 1.807) is 24.3 Å². The molecule has 1 aliphatic rings. The Morgan fingerprint density at radius 3 is 2.62 bits per heavy atom. The number of amides is 1. The Hall–Kier alpha value is -2.09. The summed E-state index contributed by atoms with van der Waals surface area (Å²) in [5.74, 6) is -0.201. The van der Waals surface area contributed by atoms with E-state index in [-0.39, 0.29) is 22.3 Å². The summed E-state index contributed by atoms with van der Waals surface area (Å²) in [6.45, 7) is 4.24. The van der Waals surface area contributed by atoms with Crippen LogP contribution in [0, 0.1) is 6.92 Å². The average Bonchev–Trinajstić information content (AvgIpc) is 2.70. The highest BCUT2D eigenvalue weighted by molar-refractivity contribution is 7.89. The van der Waals surface area contributed by atoms with Gasteiger partial charge in [0, 0.05) is 28.9 Å². The topological polar surface area (TPSA) is 75.7 Å². The largest absolute Gasteiger partial charge is 0.495 e. The van der Waals surface area contributed by atoms with Crippen molar-refractivity contribution in [1.29, 1.82) is 0 Å². The lowest BCUT2D eigenvalue weighted by molar-refractivity contribution is 0.102. The van der Waals surface area contributed by atoms with Gasteiger partial charge in [0.2, 0.25) is 10.0 Å². The van der Waals surface area contributed by atoms with Crippen LogP contribution < -0.4 is 10.1 Å². The molecule has 1 N–H and O–H groups in total. The molecule has 1 heterocycles. The monoisotopic (exact) mass is 436 g/mol. The van der Waals surface area contributed by atoms with Gasteiger partial charge in [-0.3, -0.25) is 4.79 Å². The number of piperidine rings is 1. The number of rotatable bonds is 5. The van der Waals surface area contributed by atoms with Crippen LogP contribution in [-0.4, -0.2) is 38.3 Å². The minimum atomic E-state index is -3.79. The predicted octanol–water partition coefficient (Wildman–Crippen LogP) is 4.47. The standard InChI is InChI=1S/C21H25ClN2O4S/c1-14-7-9-17(13-18(14)22)23-21(25)16-8-10-19(28-3)20(12-16)29(26,27)24-11-5-4-6-15(24)2/h7-10,12-13,15H,4-6,11H2,1-3H3,(H,23,25)/t15-/m1/s1. The molecule has 1 saturated heterocycles. The SMILES string of the molecule is COc1ccc(C(=O)Nc2ccc(C)c(Cl)c2)cc1S(=O)(=O)N1CCCC[C@H]1C. The van der Waals surface area contributed by atoms with Crippen LogP contribution >= 0.6 is 11.6 Å². The molecule has 156 valence electrons. The maximum Gasteiger partial charge on any atom is 0.255 e. The number of aryl methyl sites for hydroxylation is 1. The van der Waals surface area contributed by atoms with E-state index >= 15 is 0 Å². The van der Waals surface area contributed by atoms with Crippen LogP contribution in [0.25, 0.3) is 0 Å². The van der Waals surface area contributed by atoms with Gasteiger partial charge >= 0.3 is 0 Å². The fraction of sp³-hybridized carbons (Fsp3) is 0.381. The molecule has 2 aromatic rings. The predicted molar refractivity (Wildman–Crippen MR) is 114 cm³/mol. The zero-order valence-electron chi connectivity index (χ0n) is 16.7. The molecule has 1 amide bonds. The highest BCUT2D eigenvalue weighted by Crippen LogP contribution is 2.32. The third-order valence-corrected chi connectivity index (χ3v) is 7.63. The Balaban J connectivity index is 1.94. The van der Waals surface area contributed by atoms with Crippen molar-refractivity contribution in [2.75, 3.05) is 19.0 Å². The molecule has 8 heteroatoms. The molecular formula is C21H25ClN2O4S. The summed E-state index contributed by atoms with van der Waals surface area (Å²) in [5.41, 5.74) is 1.67. The molecule has 29 heavy (non-hydrogen) atoms. The van der Waals surface area contributed by atoms with Crippen molar-refractivity contribution in [1.82, 2.24) is 4.31 Å². The van der Waals surface area contributed by atoms with E-state index in [1.165, 1.54) is 23.5 Å². The van der Waals surface area contributed by atoms with Gasteiger partial charge < -0.3 is 10.1 Å². The molecule has 1 atom stereocenters. The molecule has 3 rings (SSSR count). The fourth-order valence-electron chi connectivity index (χ4n) is 3.45. The van der Waals surface area contributed by atoms with Gasteiger partial charge in [0.1, 0.15) is 10.6 Å². The van der Waals surface area contributed by atoms with E-state index in [1.807, 2.05) is 13.8 Å². The highest BCUT2D eigenvalue weighted by Gasteiger charge is 2.33. The van der Waals surface area contributed by atoms with Crippen LogP contribution in [-0.2, 0) is 10.0 Å². The van der Waals surface area contributed by atoms with Gasteiger partial charge in [0.05, 0.1) is 7.11 Å². The minimum Gasteiger partial charge on any atom is -0.495 e. The quantitative estimate of drug-likeness (QED) is 0.750. The van der Waals surface area contributed by atoms with Crippen molar-refractivity contribution >= 4 is 33.2 Å². The number of benzene rings is 2. The third kappa shape index (κ3) is 4.57. The van der Waals surface area contributed by atoms with Gasteiger partial charge in [0.15, 0.2) is 0 Å². The Morgan fingerprint density at radius 2 is 1.97 bits per heavy atom.